The smallest absolute Gasteiger partial charge is 0.122 e. The number of hydrogen-bond acceptors (Lipinski definition) is 1. The van der Waals surface area contributed by atoms with Crippen molar-refractivity contribution >= 4 is 8.41 Å². The van der Waals surface area contributed by atoms with Gasteiger partial charge in [0.15, 0.2) is 0 Å². The highest BCUT2D eigenvalue weighted by atomic mass is 16.5. The Kier molecular flexibility index (Phi) is 7.02. The van der Waals surface area contributed by atoms with Crippen LogP contribution in [0.15, 0.2) is 18.2 Å². The molecule has 0 spiro atoms. The molecule has 0 unspecified atom stereocenters. The Hall–Kier alpha value is -0.915. The summed E-state index contributed by atoms with van der Waals surface area (Å²) in [7, 11) is 1.76. The second-order valence-electron chi connectivity index (χ2n) is 5.34. The van der Waals surface area contributed by atoms with Crippen LogP contribution in [0.4, 0.5) is 0 Å². The Labute approximate surface area is 108 Å². The summed E-state index contributed by atoms with van der Waals surface area (Å²) in [5.41, 5.74) is 2.70. The summed E-state index contributed by atoms with van der Waals surface area (Å²) in [5.74, 6) is 2.41. The average Bonchev–Trinajstić information content (AvgIpc) is 2.18. The van der Waals surface area contributed by atoms with E-state index in [-0.39, 0.29) is 8.41 Å². The number of rotatable bonds is 5. The van der Waals surface area contributed by atoms with Gasteiger partial charge >= 0.3 is 0 Å². The molecule has 0 N–H and O–H groups in total. The van der Waals surface area contributed by atoms with Gasteiger partial charge in [0.05, 0.1) is 7.11 Å². The standard InChI is InChI=1S/C15H24O.B/c1-11(2)8-13-6-7-14(9-12(3)4)15(10-13)16-5;/h6-7,10-12H,8-9H2,1-5H3;. The zero-order valence-electron chi connectivity index (χ0n) is 11.8. The summed E-state index contributed by atoms with van der Waals surface area (Å²) >= 11 is 0. The largest absolute Gasteiger partial charge is 0.496 e. The van der Waals surface area contributed by atoms with Crippen LogP contribution in [0.3, 0.4) is 0 Å². The minimum absolute atomic E-state index is 0. The molecule has 93 valence electrons. The van der Waals surface area contributed by atoms with Gasteiger partial charge in [-0.05, 0) is 41.9 Å². The third-order valence-electron chi connectivity index (χ3n) is 2.62. The fraction of sp³-hybridized carbons (Fsp3) is 0.600. The van der Waals surface area contributed by atoms with Crippen LogP contribution in [0.25, 0.3) is 0 Å². The van der Waals surface area contributed by atoms with E-state index < -0.39 is 0 Å². The van der Waals surface area contributed by atoms with Crippen molar-refractivity contribution in [1.29, 1.82) is 0 Å². The molecule has 0 fully saturated rings. The van der Waals surface area contributed by atoms with Gasteiger partial charge in [-0.25, -0.2) is 0 Å². The molecule has 0 bridgehead atoms. The van der Waals surface area contributed by atoms with E-state index in [4.69, 9.17) is 4.74 Å². The first-order valence-corrected chi connectivity index (χ1v) is 6.18. The van der Waals surface area contributed by atoms with Gasteiger partial charge in [0.25, 0.3) is 0 Å². The van der Waals surface area contributed by atoms with Gasteiger partial charge in [-0.15, -0.1) is 0 Å². The van der Waals surface area contributed by atoms with Crippen LogP contribution in [0, 0.1) is 11.8 Å². The van der Waals surface area contributed by atoms with Gasteiger partial charge in [-0.2, -0.15) is 0 Å². The molecule has 0 saturated heterocycles. The molecule has 0 saturated carbocycles. The van der Waals surface area contributed by atoms with Crippen molar-refractivity contribution < 1.29 is 4.74 Å². The van der Waals surface area contributed by atoms with Gasteiger partial charge in [0.2, 0.25) is 0 Å². The van der Waals surface area contributed by atoms with Crippen molar-refractivity contribution in [2.75, 3.05) is 7.11 Å². The van der Waals surface area contributed by atoms with E-state index in [0.29, 0.717) is 11.8 Å². The van der Waals surface area contributed by atoms with E-state index in [0.717, 1.165) is 18.6 Å². The Morgan fingerprint density at radius 2 is 1.59 bits per heavy atom. The van der Waals surface area contributed by atoms with Crippen molar-refractivity contribution in [3.05, 3.63) is 29.3 Å². The van der Waals surface area contributed by atoms with Gasteiger partial charge in [-0.3, -0.25) is 0 Å². The molecule has 1 aromatic carbocycles. The molecular weight excluding hydrogens is 207 g/mol. The van der Waals surface area contributed by atoms with Gasteiger partial charge in [0, 0.05) is 8.41 Å². The van der Waals surface area contributed by atoms with Crippen molar-refractivity contribution in [2.45, 2.75) is 40.5 Å². The van der Waals surface area contributed by atoms with E-state index in [2.05, 4.69) is 45.9 Å². The van der Waals surface area contributed by atoms with Crippen LogP contribution >= 0.6 is 0 Å². The average molecular weight is 231 g/mol. The maximum atomic E-state index is 5.47. The summed E-state index contributed by atoms with van der Waals surface area (Å²) in [4.78, 5) is 0. The molecule has 0 heterocycles. The highest BCUT2D eigenvalue weighted by molar-refractivity contribution is 5.75. The minimum atomic E-state index is 0. The lowest BCUT2D eigenvalue weighted by atomic mass is 9.97. The predicted octanol–water partition coefficient (Wildman–Crippen LogP) is 3.71. The number of ether oxygens (including phenoxy) is 1. The number of methoxy groups -OCH3 is 1. The summed E-state index contributed by atoms with van der Waals surface area (Å²) in [5, 5.41) is 0. The monoisotopic (exact) mass is 231 g/mol. The highest BCUT2D eigenvalue weighted by Gasteiger charge is 2.07. The predicted molar refractivity (Wildman–Crippen MR) is 75.8 cm³/mol. The lowest BCUT2D eigenvalue weighted by Crippen LogP contribution is -2.00. The van der Waals surface area contributed by atoms with E-state index >= 15 is 0 Å². The number of hydrogen-bond donors (Lipinski definition) is 0. The molecule has 0 aliphatic heterocycles. The van der Waals surface area contributed by atoms with Crippen molar-refractivity contribution in [2.24, 2.45) is 11.8 Å². The van der Waals surface area contributed by atoms with Crippen LogP contribution < -0.4 is 4.74 Å². The van der Waals surface area contributed by atoms with E-state index in [1.807, 2.05) is 0 Å². The summed E-state index contributed by atoms with van der Waals surface area (Å²) in [6.07, 6.45) is 2.21. The normalized spacial score (nSPS) is 10.5. The van der Waals surface area contributed by atoms with Crippen LogP contribution in [-0.2, 0) is 12.8 Å². The Morgan fingerprint density at radius 3 is 2.06 bits per heavy atom. The first kappa shape index (κ1) is 16.1. The molecule has 0 atom stereocenters. The molecule has 0 aliphatic rings. The minimum Gasteiger partial charge on any atom is -0.496 e. The molecule has 0 aliphatic carbocycles. The lowest BCUT2D eigenvalue weighted by molar-refractivity contribution is 0.406. The quantitative estimate of drug-likeness (QED) is 0.702. The Bertz CT molecular complexity index is 332. The Morgan fingerprint density at radius 1 is 1.00 bits per heavy atom. The molecular formula is C15H24BO. The highest BCUT2D eigenvalue weighted by Crippen LogP contribution is 2.24. The molecule has 2 heteroatoms. The summed E-state index contributed by atoms with van der Waals surface area (Å²) < 4.78 is 5.47. The van der Waals surface area contributed by atoms with E-state index in [1.54, 1.807) is 7.11 Å². The van der Waals surface area contributed by atoms with Gasteiger partial charge < -0.3 is 4.74 Å². The van der Waals surface area contributed by atoms with Crippen LogP contribution in [0.1, 0.15) is 38.8 Å². The number of benzene rings is 1. The Balaban J connectivity index is 0.00000256. The third kappa shape index (κ3) is 5.30. The van der Waals surface area contributed by atoms with Gasteiger partial charge in [-0.1, -0.05) is 39.8 Å². The molecule has 17 heavy (non-hydrogen) atoms. The van der Waals surface area contributed by atoms with E-state index in [1.165, 1.54) is 11.1 Å². The maximum Gasteiger partial charge on any atom is 0.122 e. The van der Waals surface area contributed by atoms with Crippen molar-refractivity contribution in [3.8, 4) is 5.75 Å². The molecule has 3 radical (unpaired) electrons. The molecule has 0 amide bonds. The fourth-order valence-electron chi connectivity index (χ4n) is 2.00. The lowest BCUT2D eigenvalue weighted by Gasteiger charge is -2.13. The van der Waals surface area contributed by atoms with Crippen LogP contribution in [-0.4, -0.2) is 15.5 Å². The molecule has 1 rings (SSSR count). The third-order valence-corrected chi connectivity index (χ3v) is 2.62. The maximum absolute atomic E-state index is 5.47. The summed E-state index contributed by atoms with van der Waals surface area (Å²) in [6.45, 7) is 8.96. The topological polar surface area (TPSA) is 9.23 Å². The first-order chi connectivity index (χ1) is 7.52. The zero-order chi connectivity index (χ0) is 12.1. The first-order valence-electron chi connectivity index (χ1n) is 6.18. The van der Waals surface area contributed by atoms with Crippen LogP contribution in [0.5, 0.6) is 5.75 Å². The molecule has 1 aromatic rings. The van der Waals surface area contributed by atoms with E-state index in [9.17, 15) is 0 Å². The molecule has 0 aromatic heterocycles. The fourth-order valence-corrected chi connectivity index (χ4v) is 2.00. The van der Waals surface area contributed by atoms with Crippen molar-refractivity contribution in [3.63, 3.8) is 0 Å². The van der Waals surface area contributed by atoms with Crippen molar-refractivity contribution in [1.82, 2.24) is 0 Å². The zero-order valence-corrected chi connectivity index (χ0v) is 11.8. The van der Waals surface area contributed by atoms with Gasteiger partial charge in [0.1, 0.15) is 5.75 Å². The summed E-state index contributed by atoms with van der Waals surface area (Å²) in [6, 6.07) is 6.65. The second-order valence-corrected chi connectivity index (χ2v) is 5.34. The second kappa shape index (κ2) is 7.42. The molecule has 1 nitrogen and oxygen atoms in total. The van der Waals surface area contributed by atoms with Crippen LogP contribution in [0.2, 0.25) is 0 Å². The SMILES string of the molecule is COc1cc(CC(C)C)ccc1CC(C)C.[B].